The fraction of sp³-hybridized carbons (Fsp3) is 0.485. The van der Waals surface area contributed by atoms with E-state index in [1.165, 1.54) is 48.8 Å². The van der Waals surface area contributed by atoms with Crippen molar-refractivity contribution in [3.8, 4) is 0 Å². The van der Waals surface area contributed by atoms with Crippen molar-refractivity contribution in [1.29, 1.82) is 0 Å². The SMILES string of the molecule is C[C@H]1CCCN(c2cc(N3CCc4ccccc4C3)nc(NC(=S)NCC3(c4ccc(F)cc4)CCCCC3)n2)C1. The molecule has 0 amide bonds. The zero-order valence-electron chi connectivity index (χ0n) is 24.0. The van der Waals surface area contributed by atoms with Crippen molar-refractivity contribution in [2.24, 2.45) is 5.92 Å². The van der Waals surface area contributed by atoms with Gasteiger partial charge in [-0.1, -0.05) is 62.6 Å². The number of hydrogen-bond donors (Lipinski definition) is 2. The van der Waals surface area contributed by atoms with Crippen LogP contribution >= 0.6 is 12.2 Å². The highest BCUT2D eigenvalue weighted by molar-refractivity contribution is 7.80. The van der Waals surface area contributed by atoms with Crippen LogP contribution in [0, 0.1) is 11.7 Å². The molecule has 3 aromatic rings. The largest absolute Gasteiger partial charge is 0.361 e. The van der Waals surface area contributed by atoms with E-state index < -0.39 is 0 Å². The average molecular weight is 573 g/mol. The predicted octanol–water partition coefficient (Wildman–Crippen LogP) is 6.60. The second-order valence-electron chi connectivity index (χ2n) is 12.2. The van der Waals surface area contributed by atoms with E-state index in [9.17, 15) is 4.39 Å². The molecule has 1 aromatic heterocycles. The molecule has 2 aliphatic heterocycles. The molecule has 1 saturated carbocycles. The summed E-state index contributed by atoms with van der Waals surface area (Å²) in [5.74, 6) is 2.87. The molecule has 0 unspecified atom stereocenters. The molecule has 2 aromatic carbocycles. The molecule has 3 aliphatic rings. The van der Waals surface area contributed by atoms with Gasteiger partial charge in [-0.3, -0.25) is 0 Å². The summed E-state index contributed by atoms with van der Waals surface area (Å²) in [6.45, 7) is 6.78. The van der Waals surface area contributed by atoms with Gasteiger partial charge in [-0.05, 0) is 79.1 Å². The molecule has 216 valence electrons. The number of nitrogens with zero attached hydrogens (tertiary/aromatic N) is 4. The normalized spacial score (nSPS) is 20.3. The summed E-state index contributed by atoms with van der Waals surface area (Å²) < 4.78 is 13.7. The molecule has 3 heterocycles. The Balaban J connectivity index is 1.21. The number of benzene rings is 2. The van der Waals surface area contributed by atoms with Gasteiger partial charge >= 0.3 is 0 Å². The Labute approximate surface area is 248 Å². The molecule has 2 N–H and O–H groups in total. The first-order chi connectivity index (χ1) is 20.0. The number of nitrogens with one attached hydrogen (secondary N) is 2. The molecule has 8 heteroatoms. The summed E-state index contributed by atoms with van der Waals surface area (Å²) in [5.41, 5.74) is 3.90. The Morgan fingerprint density at radius 3 is 2.44 bits per heavy atom. The fourth-order valence-corrected chi connectivity index (χ4v) is 7.05. The van der Waals surface area contributed by atoms with Gasteiger partial charge < -0.3 is 20.4 Å². The van der Waals surface area contributed by atoms with Crippen LogP contribution in [0.5, 0.6) is 0 Å². The van der Waals surface area contributed by atoms with Gasteiger partial charge in [0, 0.05) is 44.2 Å². The van der Waals surface area contributed by atoms with E-state index in [2.05, 4.69) is 57.7 Å². The van der Waals surface area contributed by atoms with Crippen LogP contribution < -0.4 is 20.4 Å². The second-order valence-corrected chi connectivity index (χ2v) is 12.6. The minimum atomic E-state index is -0.196. The van der Waals surface area contributed by atoms with Crippen molar-refractivity contribution in [3.05, 3.63) is 77.1 Å². The number of hydrogen-bond acceptors (Lipinski definition) is 5. The molecule has 1 saturated heterocycles. The van der Waals surface area contributed by atoms with E-state index >= 15 is 0 Å². The maximum Gasteiger partial charge on any atom is 0.232 e. The van der Waals surface area contributed by atoms with Crippen LogP contribution in [-0.2, 0) is 18.4 Å². The first kappa shape index (κ1) is 27.9. The summed E-state index contributed by atoms with van der Waals surface area (Å²) in [6.07, 6.45) is 9.14. The third kappa shape index (κ3) is 6.48. The third-order valence-corrected chi connectivity index (χ3v) is 9.46. The number of fused-ring (bicyclic) bond motifs is 1. The Bertz CT molecular complexity index is 1360. The van der Waals surface area contributed by atoms with E-state index in [1.54, 1.807) is 12.1 Å². The van der Waals surface area contributed by atoms with Crippen LogP contribution in [0.2, 0.25) is 0 Å². The number of halogens is 1. The minimum absolute atomic E-state index is 0.0588. The molecule has 1 aliphatic carbocycles. The molecule has 6 nitrogen and oxygen atoms in total. The number of piperidine rings is 1. The molecule has 0 radical (unpaired) electrons. The highest BCUT2D eigenvalue weighted by atomic mass is 32.1. The molecule has 41 heavy (non-hydrogen) atoms. The van der Waals surface area contributed by atoms with E-state index in [0.717, 1.165) is 57.1 Å². The number of thiocarbonyl (C=S) groups is 1. The first-order valence-corrected chi connectivity index (χ1v) is 15.6. The monoisotopic (exact) mass is 572 g/mol. The van der Waals surface area contributed by atoms with Crippen LogP contribution in [0.25, 0.3) is 0 Å². The minimum Gasteiger partial charge on any atom is -0.361 e. The van der Waals surface area contributed by atoms with Crippen molar-refractivity contribution in [2.75, 3.05) is 41.3 Å². The van der Waals surface area contributed by atoms with Gasteiger partial charge in [0.25, 0.3) is 0 Å². The summed E-state index contributed by atoms with van der Waals surface area (Å²) in [7, 11) is 0. The lowest BCUT2D eigenvalue weighted by molar-refractivity contribution is 0.292. The Morgan fingerprint density at radius 2 is 1.68 bits per heavy atom. The molecule has 2 fully saturated rings. The van der Waals surface area contributed by atoms with Gasteiger partial charge in [0.15, 0.2) is 5.11 Å². The van der Waals surface area contributed by atoms with Crippen molar-refractivity contribution in [1.82, 2.24) is 15.3 Å². The molecule has 6 rings (SSSR count). The summed E-state index contributed by atoms with van der Waals surface area (Å²) in [5, 5.41) is 7.35. The number of aromatic nitrogens is 2. The topological polar surface area (TPSA) is 56.3 Å². The molecular weight excluding hydrogens is 531 g/mol. The van der Waals surface area contributed by atoms with Gasteiger partial charge in [-0.15, -0.1) is 0 Å². The van der Waals surface area contributed by atoms with E-state index in [4.69, 9.17) is 22.2 Å². The predicted molar refractivity (Wildman–Crippen MR) is 169 cm³/mol. The summed E-state index contributed by atoms with van der Waals surface area (Å²) in [6, 6.07) is 17.9. The summed E-state index contributed by atoms with van der Waals surface area (Å²) in [4.78, 5) is 14.7. The Kier molecular flexibility index (Phi) is 8.37. The van der Waals surface area contributed by atoms with Crippen molar-refractivity contribution >= 4 is 34.9 Å². The van der Waals surface area contributed by atoms with Gasteiger partial charge in [-0.2, -0.15) is 9.97 Å². The van der Waals surface area contributed by atoms with Gasteiger partial charge in [0.05, 0.1) is 0 Å². The van der Waals surface area contributed by atoms with E-state index in [0.29, 0.717) is 23.5 Å². The van der Waals surface area contributed by atoms with Crippen LogP contribution in [0.4, 0.5) is 22.0 Å². The van der Waals surface area contributed by atoms with Crippen molar-refractivity contribution < 1.29 is 4.39 Å². The van der Waals surface area contributed by atoms with Crippen LogP contribution in [0.1, 0.15) is 68.6 Å². The lowest BCUT2D eigenvalue weighted by Gasteiger charge is -2.38. The summed E-state index contributed by atoms with van der Waals surface area (Å²) >= 11 is 5.81. The number of anilines is 3. The average Bonchev–Trinajstić information content (AvgIpc) is 3.00. The van der Waals surface area contributed by atoms with Crippen molar-refractivity contribution in [3.63, 3.8) is 0 Å². The van der Waals surface area contributed by atoms with Crippen LogP contribution in [0.15, 0.2) is 54.6 Å². The van der Waals surface area contributed by atoms with Crippen LogP contribution in [-0.4, -0.2) is 41.3 Å². The lowest BCUT2D eigenvalue weighted by Crippen LogP contribution is -2.43. The second kappa shape index (κ2) is 12.3. The van der Waals surface area contributed by atoms with Crippen molar-refractivity contribution in [2.45, 2.75) is 70.3 Å². The zero-order valence-corrected chi connectivity index (χ0v) is 24.9. The molecular formula is C33H41FN6S. The van der Waals surface area contributed by atoms with Gasteiger partial charge in [0.1, 0.15) is 17.5 Å². The molecule has 1 atom stereocenters. The third-order valence-electron chi connectivity index (χ3n) is 9.21. The molecule has 0 bridgehead atoms. The maximum atomic E-state index is 13.7. The van der Waals surface area contributed by atoms with E-state index in [-0.39, 0.29) is 11.2 Å². The maximum absolute atomic E-state index is 13.7. The number of rotatable bonds is 6. The Hall–Kier alpha value is -3.26. The Morgan fingerprint density at radius 1 is 0.951 bits per heavy atom. The first-order valence-electron chi connectivity index (χ1n) is 15.2. The van der Waals surface area contributed by atoms with E-state index in [1.807, 2.05) is 12.1 Å². The zero-order chi connectivity index (χ0) is 28.2. The highest BCUT2D eigenvalue weighted by Crippen LogP contribution is 2.39. The fourth-order valence-electron chi connectivity index (χ4n) is 6.89. The quantitative estimate of drug-likeness (QED) is 0.323. The van der Waals surface area contributed by atoms with Gasteiger partial charge in [-0.25, -0.2) is 4.39 Å². The molecule has 0 spiro atoms. The van der Waals surface area contributed by atoms with Crippen LogP contribution in [0.3, 0.4) is 0 Å². The standard InChI is InChI=1S/C33H41FN6S/c1-24-8-7-18-39(21-24)29-20-30(40-19-15-25-9-3-4-10-26(25)22-40)37-31(36-29)38-32(41)35-23-33(16-5-2-6-17-33)27-11-13-28(34)14-12-27/h3-4,9-14,20,24H,2,5-8,15-19,21-23H2,1H3,(H2,35,36,37,38,41)/t24-/m0/s1. The van der Waals surface area contributed by atoms with Gasteiger partial charge in [0.2, 0.25) is 5.95 Å². The lowest BCUT2D eigenvalue weighted by atomic mass is 9.69. The smallest absolute Gasteiger partial charge is 0.232 e. The highest BCUT2D eigenvalue weighted by Gasteiger charge is 2.34.